The zero-order chi connectivity index (χ0) is 16.9. The molecule has 5 nitrogen and oxygen atoms in total. The molecule has 0 saturated carbocycles. The summed E-state index contributed by atoms with van der Waals surface area (Å²) in [6, 6.07) is 1.69. The molecule has 0 radical (unpaired) electrons. The molecule has 1 aromatic rings. The summed E-state index contributed by atoms with van der Waals surface area (Å²) >= 11 is 0. The number of amides is 1. The fourth-order valence-electron chi connectivity index (χ4n) is 1.71. The summed E-state index contributed by atoms with van der Waals surface area (Å²) in [6.07, 6.45) is -1.10. The molecular formula is C15H19F2NO4. The first-order chi connectivity index (χ1) is 10.1. The van der Waals surface area contributed by atoms with Gasteiger partial charge in [-0.1, -0.05) is 0 Å². The molecule has 0 aliphatic heterocycles. The largest absolute Gasteiger partial charge is 0.467 e. The van der Waals surface area contributed by atoms with Crippen molar-refractivity contribution in [1.29, 1.82) is 0 Å². The molecule has 1 unspecified atom stereocenters. The highest BCUT2D eigenvalue weighted by Crippen LogP contribution is 2.13. The first-order valence-corrected chi connectivity index (χ1v) is 6.63. The van der Waals surface area contributed by atoms with Crippen LogP contribution in [0.2, 0.25) is 0 Å². The van der Waals surface area contributed by atoms with Gasteiger partial charge < -0.3 is 14.8 Å². The van der Waals surface area contributed by atoms with E-state index in [0.29, 0.717) is 0 Å². The number of halogens is 2. The molecule has 122 valence electrons. The van der Waals surface area contributed by atoms with Crippen LogP contribution in [0.1, 0.15) is 26.3 Å². The van der Waals surface area contributed by atoms with Crippen molar-refractivity contribution in [3.8, 4) is 0 Å². The van der Waals surface area contributed by atoms with Crippen molar-refractivity contribution < 1.29 is 27.8 Å². The normalized spacial score (nSPS) is 12.5. The topological polar surface area (TPSA) is 64.6 Å². The fourth-order valence-corrected chi connectivity index (χ4v) is 1.71. The lowest BCUT2D eigenvalue weighted by atomic mass is 10.1. The van der Waals surface area contributed by atoms with Gasteiger partial charge in [-0.3, -0.25) is 0 Å². The minimum Gasteiger partial charge on any atom is -0.467 e. The van der Waals surface area contributed by atoms with Crippen LogP contribution in [0.3, 0.4) is 0 Å². The third kappa shape index (κ3) is 5.67. The maximum absolute atomic E-state index is 13.6. The van der Waals surface area contributed by atoms with E-state index in [-0.39, 0.29) is 12.0 Å². The third-order valence-corrected chi connectivity index (χ3v) is 2.61. The second kappa shape index (κ2) is 7.20. The molecule has 0 fully saturated rings. The molecule has 1 amide bonds. The van der Waals surface area contributed by atoms with Crippen LogP contribution in [-0.2, 0) is 20.7 Å². The number of hydrogen-bond acceptors (Lipinski definition) is 4. The summed E-state index contributed by atoms with van der Waals surface area (Å²) < 4.78 is 36.4. The van der Waals surface area contributed by atoms with E-state index in [9.17, 15) is 18.4 Å². The summed E-state index contributed by atoms with van der Waals surface area (Å²) in [5.74, 6) is -2.10. The van der Waals surface area contributed by atoms with Crippen LogP contribution < -0.4 is 5.32 Å². The van der Waals surface area contributed by atoms with E-state index in [0.717, 1.165) is 25.3 Å². The van der Waals surface area contributed by atoms with E-state index in [2.05, 4.69) is 10.1 Å². The highest BCUT2D eigenvalue weighted by molar-refractivity contribution is 5.81. The Balaban J connectivity index is 2.87. The molecule has 7 heteroatoms. The predicted molar refractivity (Wildman–Crippen MR) is 75.2 cm³/mol. The molecule has 0 heterocycles. The number of carbonyl (C=O) groups is 2. The molecule has 1 N–H and O–H groups in total. The molecule has 0 aliphatic rings. The maximum Gasteiger partial charge on any atom is 0.408 e. The van der Waals surface area contributed by atoms with Gasteiger partial charge in [-0.25, -0.2) is 18.4 Å². The SMILES string of the molecule is COC(=O)C(Cc1cc(F)ccc1F)NC(=O)OC(C)(C)C. The van der Waals surface area contributed by atoms with Crippen molar-refractivity contribution in [1.82, 2.24) is 5.32 Å². The predicted octanol–water partition coefficient (Wildman–Crippen LogP) is 2.57. The van der Waals surface area contributed by atoms with Crippen molar-refractivity contribution in [2.45, 2.75) is 38.8 Å². The molecule has 1 rings (SSSR count). The first kappa shape index (κ1) is 17.9. The van der Waals surface area contributed by atoms with Gasteiger partial charge in [-0.15, -0.1) is 0 Å². The second-order valence-corrected chi connectivity index (χ2v) is 5.66. The average Bonchev–Trinajstić information content (AvgIpc) is 2.39. The van der Waals surface area contributed by atoms with Crippen LogP contribution >= 0.6 is 0 Å². The van der Waals surface area contributed by atoms with E-state index in [1.165, 1.54) is 0 Å². The number of ether oxygens (including phenoxy) is 2. The number of rotatable bonds is 4. The number of alkyl carbamates (subject to hydrolysis) is 1. The highest BCUT2D eigenvalue weighted by atomic mass is 19.1. The number of carbonyl (C=O) groups excluding carboxylic acids is 2. The molecule has 0 aromatic heterocycles. The van der Waals surface area contributed by atoms with E-state index in [4.69, 9.17) is 4.74 Å². The lowest BCUT2D eigenvalue weighted by Crippen LogP contribution is -2.45. The lowest BCUT2D eigenvalue weighted by Gasteiger charge is -2.22. The zero-order valence-corrected chi connectivity index (χ0v) is 12.9. The standard InChI is InChI=1S/C15H19F2NO4/c1-15(2,3)22-14(20)18-12(13(19)21-4)8-9-7-10(16)5-6-11(9)17/h5-7,12H,8H2,1-4H3,(H,18,20). The van der Waals surface area contributed by atoms with E-state index >= 15 is 0 Å². The Morgan fingerprint density at radius 3 is 2.45 bits per heavy atom. The average molecular weight is 315 g/mol. The van der Waals surface area contributed by atoms with E-state index in [1.807, 2.05) is 0 Å². The van der Waals surface area contributed by atoms with Crippen LogP contribution in [0.4, 0.5) is 13.6 Å². The zero-order valence-electron chi connectivity index (χ0n) is 12.9. The van der Waals surface area contributed by atoms with Crippen LogP contribution in [0.5, 0.6) is 0 Å². The van der Waals surface area contributed by atoms with Crippen LogP contribution in [0, 0.1) is 11.6 Å². The van der Waals surface area contributed by atoms with Gasteiger partial charge in [0.15, 0.2) is 0 Å². The Morgan fingerprint density at radius 1 is 1.27 bits per heavy atom. The van der Waals surface area contributed by atoms with Crippen molar-refractivity contribution in [3.05, 3.63) is 35.4 Å². The maximum atomic E-state index is 13.6. The van der Waals surface area contributed by atoms with Crippen LogP contribution in [0.15, 0.2) is 18.2 Å². The number of nitrogens with one attached hydrogen (secondary N) is 1. The Labute approximate surface area is 127 Å². The smallest absolute Gasteiger partial charge is 0.408 e. The number of hydrogen-bond donors (Lipinski definition) is 1. The summed E-state index contributed by atoms with van der Waals surface area (Å²) in [7, 11) is 1.13. The van der Waals surface area contributed by atoms with Crippen LogP contribution in [0.25, 0.3) is 0 Å². The first-order valence-electron chi connectivity index (χ1n) is 6.63. The third-order valence-electron chi connectivity index (χ3n) is 2.61. The molecule has 0 spiro atoms. The van der Waals surface area contributed by atoms with Crippen molar-refractivity contribution in [3.63, 3.8) is 0 Å². The minimum atomic E-state index is -1.18. The minimum absolute atomic E-state index is 0.0496. The summed E-state index contributed by atoms with van der Waals surface area (Å²) in [4.78, 5) is 23.4. The van der Waals surface area contributed by atoms with Crippen LogP contribution in [-0.4, -0.2) is 30.8 Å². The van der Waals surface area contributed by atoms with Crippen molar-refractivity contribution >= 4 is 12.1 Å². The number of methoxy groups -OCH3 is 1. The van der Waals surface area contributed by atoms with Crippen molar-refractivity contribution in [2.24, 2.45) is 0 Å². The molecule has 22 heavy (non-hydrogen) atoms. The Bertz CT molecular complexity index is 555. The number of benzene rings is 1. The molecule has 0 aliphatic carbocycles. The van der Waals surface area contributed by atoms with Gasteiger partial charge in [0.05, 0.1) is 7.11 Å². The van der Waals surface area contributed by atoms with Gasteiger partial charge in [-0.2, -0.15) is 0 Å². The summed E-state index contributed by atoms with van der Waals surface area (Å²) in [5, 5.41) is 2.29. The fraction of sp³-hybridized carbons (Fsp3) is 0.467. The van der Waals surface area contributed by atoms with Gasteiger partial charge in [-0.05, 0) is 44.5 Å². The molecule has 1 atom stereocenters. The van der Waals surface area contributed by atoms with Gasteiger partial charge >= 0.3 is 12.1 Å². The van der Waals surface area contributed by atoms with Gasteiger partial charge in [0.2, 0.25) is 0 Å². The Kier molecular flexibility index (Phi) is 5.84. The second-order valence-electron chi connectivity index (χ2n) is 5.66. The Morgan fingerprint density at radius 2 is 1.91 bits per heavy atom. The van der Waals surface area contributed by atoms with E-state index in [1.54, 1.807) is 20.8 Å². The Hall–Kier alpha value is -2.18. The van der Waals surface area contributed by atoms with Gasteiger partial charge in [0.1, 0.15) is 23.3 Å². The lowest BCUT2D eigenvalue weighted by molar-refractivity contribution is -0.143. The van der Waals surface area contributed by atoms with Gasteiger partial charge in [0, 0.05) is 6.42 Å². The monoisotopic (exact) mass is 315 g/mol. The molecule has 0 bridgehead atoms. The molecular weight excluding hydrogens is 296 g/mol. The van der Waals surface area contributed by atoms with Crippen molar-refractivity contribution in [2.75, 3.05) is 7.11 Å². The highest BCUT2D eigenvalue weighted by Gasteiger charge is 2.26. The summed E-state index contributed by atoms with van der Waals surface area (Å²) in [6.45, 7) is 4.98. The molecule has 0 saturated heterocycles. The summed E-state index contributed by atoms with van der Waals surface area (Å²) in [5.41, 5.74) is -0.805. The molecule has 1 aromatic carbocycles. The number of esters is 1. The van der Waals surface area contributed by atoms with E-state index < -0.39 is 35.3 Å². The van der Waals surface area contributed by atoms with Gasteiger partial charge in [0.25, 0.3) is 0 Å². The quantitative estimate of drug-likeness (QED) is 0.867.